The van der Waals surface area contributed by atoms with Gasteiger partial charge in [0.1, 0.15) is 17.7 Å². The quantitative estimate of drug-likeness (QED) is 0.821. The van der Waals surface area contributed by atoms with Crippen LogP contribution in [0.5, 0.6) is 0 Å². The van der Waals surface area contributed by atoms with Crippen LogP contribution in [0.2, 0.25) is 5.02 Å². The number of halogens is 1. The number of hydrogen-bond acceptors (Lipinski definition) is 5. The number of ether oxygens (including phenoxy) is 1. The Hall–Kier alpha value is -1.63. The fourth-order valence-corrected chi connectivity index (χ4v) is 3.34. The number of nitrogens with zero attached hydrogens (tertiary/aromatic N) is 2. The molecule has 0 saturated carbocycles. The van der Waals surface area contributed by atoms with E-state index in [0.29, 0.717) is 30.5 Å². The molecular formula is C17H22ClN3O3. The third-order valence-electron chi connectivity index (χ3n) is 4.15. The van der Waals surface area contributed by atoms with Gasteiger partial charge in [0.25, 0.3) is 0 Å². The maximum absolute atomic E-state index is 12.8. The number of nitrogens with one attached hydrogen (secondary N) is 1. The van der Waals surface area contributed by atoms with Gasteiger partial charge in [-0.2, -0.15) is 0 Å². The van der Waals surface area contributed by atoms with Gasteiger partial charge in [-0.3, -0.25) is 19.4 Å². The van der Waals surface area contributed by atoms with Crippen LogP contribution in [0.25, 0.3) is 0 Å². The molecule has 1 aromatic rings. The van der Waals surface area contributed by atoms with E-state index < -0.39 is 11.6 Å². The van der Waals surface area contributed by atoms with Crippen molar-refractivity contribution in [2.45, 2.75) is 38.5 Å². The van der Waals surface area contributed by atoms with Crippen molar-refractivity contribution in [3.05, 3.63) is 29.3 Å². The molecular weight excluding hydrogens is 330 g/mol. The van der Waals surface area contributed by atoms with E-state index in [2.05, 4.69) is 5.32 Å². The SMILES string of the molecule is CC(C)(C)OC(=O)C1CNCC2C(=O)N(c3ccccc3Cl)CN12. The van der Waals surface area contributed by atoms with Crippen molar-refractivity contribution in [3.8, 4) is 0 Å². The van der Waals surface area contributed by atoms with Gasteiger partial charge in [0.15, 0.2) is 0 Å². The topological polar surface area (TPSA) is 61.9 Å². The van der Waals surface area contributed by atoms with Crippen molar-refractivity contribution < 1.29 is 14.3 Å². The number of piperazine rings is 1. The molecule has 2 heterocycles. The van der Waals surface area contributed by atoms with Crippen LogP contribution >= 0.6 is 11.6 Å². The van der Waals surface area contributed by atoms with E-state index in [0.717, 1.165) is 0 Å². The van der Waals surface area contributed by atoms with E-state index in [1.165, 1.54) is 0 Å². The Morgan fingerprint density at radius 2 is 2.00 bits per heavy atom. The van der Waals surface area contributed by atoms with Gasteiger partial charge in [-0.05, 0) is 32.9 Å². The number of para-hydroxylation sites is 1. The Bertz CT molecular complexity index is 659. The van der Waals surface area contributed by atoms with E-state index >= 15 is 0 Å². The Balaban J connectivity index is 1.83. The summed E-state index contributed by atoms with van der Waals surface area (Å²) >= 11 is 6.23. The zero-order valence-corrected chi connectivity index (χ0v) is 14.8. The third kappa shape index (κ3) is 3.27. The summed E-state index contributed by atoms with van der Waals surface area (Å²) in [5.74, 6) is -0.364. The molecule has 1 N–H and O–H groups in total. The van der Waals surface area contributed by atoms with E-state index in [-0.39, 0.29) is 17.9 Å². The lowest BCUT2D eigenvalue weighted by molar-refractivity contribution is -0.162. The Kier molecular flexibility index (Phi) is 4.55. The van der Waals surface area contributed by atoms with Crippen LogP contribution < -0.4 is 10.2 Å². The van der Waals surface area contributed by atoms with Crippen LogP contribution in [0.15, 0.2) is 24.3 Å². The first-order valence-corrected chi connectivity index (χ1v) is 8.41. The third-order valence-corrected chi connectivity index (χ3v) is 4.47. The first-order valence-electron chi connectivity index (χ1n) is 8.03. The standard InChI is InChI=1S/C17H22ClN3O3/c1-17(2,3)24-16(23)14-9-19-8-13-15(22)21(10-20(13)14)12-7-5-4-6-11(12)18/h4-7,13-14,19H,8-10H2,1-3H3. The predicted octanol–water partition coefficient (Wildman–Crippen LogP) is 1.63. The summed E-state index contributed by atoms with van der Waals surface area (Å²) in [4.78, 5) is 28.8. The van der Waals surface area contributed by atoms with Crippen molar-refractivity contribution >= 4 is 29.2 Å². The molecule has 0 spiro atoms. The van der Waals surface area contributed by atoms with Gasteiger partial charge in [0.05, 0.1) is 17.4 Å². The number of esters is 1. The summed E-state index contributed by atoms with van der Waals surface area (Å²) in [5.41, 5.74) is 0.109. The summed E-state index contributed by atoms with van der Waals surface area (Å²) < 4.78 is 5.51. The number of carbonyl (C=O) groups excluding carboxylic acids is 2. The van der Waals surface area contributed by atoms with Crippen molar-refractivity contribution in [2.24, 2.45) is 0 Å². The highest BCUT2D eigenvalue weighted by atomic mass is 35.5. The molecule has 2 aliphatic heterocycles. The molecule has 2 saturated heterocycles. The average Bonchev–Trinajstić information content (AvgIpc) is 2.83. The molecule has 3 rings (SSSR count). The van der Waals surface area contributed by atoms with Gasteiger partial charge in [-0.15, -0.1) is 0 Å². The maximum Gasteiger partial charge on any atom is 0.325 e. The molecule has 0 radical (unpaired) electrons. The molecule has 0 aromatic heterocycles. The number of hydrogen-bond donors (Lipinski definition) is 1. The first-order chi connectivity index (χ1) is 11.3. The highest BCUT2D eigenvalue weighted by molar-refractivity contribution is 6.33. The number of rotatable bonds is 2. The minimum absolute atomic E-state index is 0.0520. The Morgan fingerprint density at radius 3 is 2.67 bits per heavy atom. The Labute approximate surface area is 146 Å². The van der Waals surface area contributed by atoms with Crippen LogP contribution in [0.3, 0.4) is 0 Å². The van der Waals surface area contributed by atoms with E-state index in [9.17, 15) is 9.59 Å². The van der Waals surface area contributed by atoms with Gasteiger partial charge >= 0.3 is 5.97 Å². The van der Waals surface area contributed by atoms with Gasteiger partial charge in [0.2, 0.25) is 5.91 Å². The fourth-order valence-electron chi connectivity index (χ4n) is 3.10. The molecule has 1 amide bonds. The lowest BCUT2D eigenvalue weighted by Gasteiger charge is -2.35. The molecule has 130 valence electrons. The summed E-state index contributed by atoms with van der Waals surface area (Å²) in [7, 11) is 0. The molecule has 1 aromatic carbocycles. The molecule has 2 fully saturated rings. The highest BCUT2D eigenvalue weighted by Crippen LogP contribution is 2.31. The summed E-state index contributed by atoms with van der Waals surface area (Å²) in [5, 5.41) is 3.69. The maximum atomic E-state index is 12.8. The zero-order chi connectivity index (χ0) is 17.5. The van der Waals surface area contributed by atoms with Crippen molar-refractivity contribution in [2.75, 3.05) is 24.7 Å². The van der Waals surface area contributed by atoms with Gasteiger partial charge in [0, 0.05) is 13.1 Å². The van der Waals surface area contributed by atoms with Crippen molar-refractivity contribution in [1.29, 1.82) is 0 Å². The smallest absolute Gasteiger partial charge is 0.325 e. The monoisotopic (exact) mass is 351 g/mol. The van der Waals surface area contributed by atoms with Crippen molar-refractivity contribution in [3.63, 3.8) is 0 Å². The van der Waals surface area contributed by atoms with Crippen LogP contribution in [0.4, 0.5) is 5.69 Å². The second-order valence-electron chi connectivity index (χ2n) is 7.10. The average molecular weight is 352 g/mol. The second kappa shape index (κ2) is 6.35. The first kappa shape index (κ1) is 17.2. The zero-order valence-electron chi connectivity index (χ0n) is 14.1. The number of benzene rings is 1. The fraction of sp³-hybridized carbons (Fsp3) is 0.529. The van der Waals surface area contributed by atoms with Crippen LogP contribution in [0.1, 0.15) is 20.8 Å². The molecule has 2 aliphatic rings. The second-order valence-corrected chi connectivity index (χ2v) is 7.50. The molecule has 2 atom stereocenters. The van der Waals surface area contributed by atoms with Crippen LogP contribution in [-0.2, 0) is 14.3 Å². The highest BCUT2D eigenvalue weighted by Gasteiger charge is 2.48. The Morgan fingerprint density at radius 1 is 1.29 bits per heavy atom. The summed E-state index contributed by atoms with van der Waals surface area (Å²) in [6.45, 7) is 6.82. The normalized spacial score (nSPS) is 24.8. The summed E-state index contributed by atoms with van der Waals surface area (Å²) in [6.07, 6.45) is 0. The molecule has 0 aliphatic carbocycles. The summed E-state index contributed by atoms with van der Waals surface area (Å²) in [6, 6.07) is 6.37. The van der Waals surface area contributed by atoms with Gasteiger partial charge in [-0.25, -0.2) is 0 Å². The van der Waals surface area contributed by atoms with E-state index in [1.807, 2.05) is 43.9 Å². The predicted molar refractivity (Wildman–Crippen MR) is 91.9 cm³/mol. The lowest BCUT2D eigenvalue weighted by Crippen LogP contribution is -2.60. The molecule has 7 heteroatoms. The van der Waals surface area contributed by atoms with Crippen molar-refractivity contribution in [1.82, 2.24) is 10.2 Å². The minimum atomic E-state index is -0.559. The van der Waals surface area contributed by atoms with Gasteiger partial charge in [-0.1, -0.05) is 23.7 Å². The van der Waals surface area contributed by atoms with Crippen LogP contribution in [-0.4, -0.2) is 54.2 Å². The minimum Gasteiger partial charge on any atom is -0.459 e. The molecule has 2 unspecified atom stereocenters. The molecule has 0 bridgehead atoms. The number of fused-ring (bicyclic) bond motifs is 1. The van der Waals surface area contributed by atoms with E-state index in [4.69, 9.17) is 16.3 Å². The lowest BCUT2D eigenvalue weighted by atomic mass is 10.1. The van der Waals surface area contributed by atoms with Gasteiger partial charge < -0.3 is 10.1 Å². The molecule has 24 heavy (non-hydrogen) atoms. The number of anilines is 1. The number of amides is 1. The van der Waals surface area contributed by atoms with Crippen LogP contribution in [0, 0.1) is 0 Å². The number of carbonyl (C=O) groups is 2. The largest absolute Gasteiger partial charge is 0.459 e. The van der Waals surface area contributed by atoms with E-state index in [1.54, 1.807) is 11.0 Å². The molecule has 6 nitrogen and oxygen atoms in total.